The highest BCUT2D eigenvalue weighted by Crippen LogP contribution is 2.30. The zero-order valence-electron chi connectivity index (χ0n) is 16.4. The molecular weight excluding hydrogens is 490 g/mol. The van der Waals surface area contributed by atoms with Gasteiger partial charge in [-0.05, 0) is 68.3 Å². The van der Waals surface area contributed by atoms with Gasteiger partial charge in [-0.25, -0.2) is 15.0 Å². The Kier molecular flexibility index (Phi) is 5.61. The molecule has 5 heteroatoms. The maximum atomic E-state index is 4.85. The van der Waals surface area contributed by atoms with Crippen molar-refractivity contribution in [1.82, 2.24) is 15.0 Å². The van der Waals surface area contributed by atoms with Crippen LogP contribution in [-0.2, 0) is 0 Å². The van der Waals surface area contributed by atoms with Crippen molar-refractivity contribution in [2.45, 2.75) is 20.8 Å². The summed E-state index contributed by atoms with van der Waals surface area (Å²) in [4.78, 5) is 14.5. The molecule has 1 aromatic heterocycles. The van der Waals surface area contributed by atoms with Gasteiger partial charge >= 0.3 is 0 Å². The van der Waals surface area contributed by atoms with E-state index in [0.717, 1.165) is 36.8 Å². The van der Waals surface area contributed by atoms with E-state index in [0.29, 0.717) is 17.5 Å². The summed E-state index contributed by atoms with van der Waals surface area (Å²) < 4.78 is 2.08. The Morgan fingerprint density at radius 2 is 1.00 bits per heavy atom. The lowest BCUT2D eigenvalue weighted by atomic mass is 10.1. The zero-order valence-corrected chi connectivity index (χ0v) is 19.5. The van der Waals surface area contributed by atoms with E-state index in [4.69, 9.17) is 15.0 Å². The quantitative estimate of drug-likeness (QED) is 0.291. The van der Waals surface area contributed by atoms with Gasteiger partial charge in [0.2, 0.25) is 0 Å². The Bertz CT molecular complexity index is 1130. The molecule has 0 aliphatic carbocycles. The van der Waals surface area contributed by atoms with Crippen molar-refractivity contribution in [3.05, 3.63) is 86.3 Å². The summed E-state index contributed by atoms with van der Waals surface area (Å²) in [5, 5.41) is 0. The van der Waals surface area contributed by atoms with Gasteiger partial charge in [-0.2, -0.15) is 0 Å². The Morgan fingerprint density at radius 1 is 0.552 bits per heavy atom. The molecule has 1 heterocycles. The molecule has 0 amide bonds. The van der Waals surface area contributed by atoms with Gasteiger partial charge in [0.05, 0.1) is 0 Å². The highest BCUT2D eigenvalue weighted by atomic mass is 79.9. The van der Waals surface area contributed by atoms with Crippen molar-refractivity contribution in [3.8, 4) is 34.2 Å². The van der Waals surface area contributed by atoms with E-state index in [2.05, 4.69) is 89.0 Å². The monoisotopic (exact) mass is 507 g/mol. The van der Waals surface area contributed by atoms with Crippen molar-refractivity contribution < 1.29 is 0 Å². The number of hydrogen-bond donors (Lipinski definition) is 0. The lowest BCUT2D eigenvalue weighted by molar-refractivity contribution is 1.07. The second-order valence-corrected chi connectivity index (χ2v) is 8.92. The Hall–Kier alpha value is -2.37. The van der Waals surface area contributed by atoms with Gasteiger partial charge < -0.3 is 0 Å². The minimum absolute atomic E-state index is 0.676. The van der Waals surface area contributed by atoms with Crippen LogP contribution in [0.1, 0.15) is 16.7 Å². The molecule has 3 nitrogen and oxygen atoms in total. The molecule has 0 radical (unpaired) electrons. The van der Waals surface area contributed by atoms with Crippen LogP contribution in [-0.4, -0.2) is 15.0 Å². The number of aromatic nitrogens is 3. The predicted octanol–water partition coefficient (Wildman–Crippen LogP) is 7.32. The summed E-state index contributed by atoms with van der Waals surface area (Å²) in [6.07, 6.45) is 0. The summed E-state index contributed by atoms with van der Waals surface area (Å²) in [5.41, 5.74) is 6.40. The number of halogens is 2. The first kappa shape index (κ1) is 19.9. The van der Waals surface area contributed by atoms with E-state index in [1.807, 2.05) is 24.3 Å². The van der Waals surface area contributed by atoms with Crippen LogP contribution in [0.5, 0.6) is 0 Å². The lowest BCUT2D eigenvalue weighted by Crippen LogP contribution is -2.02. The van der Waals surface area contributed by atoms with Crippen molar-refractivity contribution >= 4 is 31.9 Å². The predicted molar refractivity (Wildman–Crippen MR) is 126 cm³/mol. The minimum atomic E-state index is 0.676. The van der Waals surface area contributed by atoms with Crippen LogP contribution in [0.25, 0.3) is 34.2 Å². The fourth-order valence-electron chi connectivity index (χ4n) is 3.20. The maximum absolute atomic E-state index is 4.85. The number of nitrogens with zero attached hydrogens (tertiary/aromatic N) is 3. The van der Waals surface area contributed by atoms with Gasteiger partial charge in [0.1, 0.15) is 0 Å². The van der Waals surface area contributed by atoms with Crippen LogP contribution in [0.2, 0.25) is 0 Å². The average molecular weight is 509 g/mol. The summed E-state index contributed by atoms with van der Waals surface area (Å²) in [6.45, 7) is 6.21. The Balaban J connectivity index is 1.95. The first-order valence-electron chi connectivity index (χ1n) is 9.27. The summed E-state index contributed by atoms with van der Waals surface area (Å²) in [6, 6.07) is 20.6. The molecule has 0 aliphatic heterocycles. The molecule has 0 N–H and O–H groups in total. The Morgan fingerprint density at radius 3 is 1.45 bits per heavy atom. The fourth-order valence-corrected chi connectivity index (χ4v) is 4.16. The van der Waals surface area contributed by atoms with E-state index in [1.54, 1.807) is 0 Å². The smallest absolute Gasteiger partial charge is 0.164 e. The standard InChI is InChI=1S/C24H19Br2N3/c1-14-4-6-17(7-5-14)22-27-23(20-10-8-18(25)12-15(20)2)29-24(28-22)21-11-9-19(26)13-16(21)3/h4-13H,1-3H3. The largest absolute Gasteiger partial charge is 0.208 e. The number of rotatable bonds is 3. The molecule has 144 valence electrons. The van der Waals surface area contributed by atoms with Gasteiger partial charge in [0.25, 0.3) is 0 Å². The number of benzene rings is 3. The molecule has 4 rings (SSSR count). The van der Waals surface area contributed by atoms with Gasteiger partial charge in [-0.3, -0.25) is 0 Å². The maximum Gasteiger partial charge on any atom is 0.164 e. The molecule has 0 saturated carbocycles. The molecule has 0 aliphatic rings. The second-order valence-electron chi connectivity index (χ2n) is 7.09. The van der Waals surface area contributed by atoms with E-state index in [1.165, 1.54) is 5.56 Å². The fraction of sp³-hybridized carbons (Fsp3) is 0.125. The SMILES string of the molecule is Cc1ccc(-c2nc(-c3ccc(Br)cc3C)nc(-c3ccc(Br)cc3C)n2)cc1. The van der Waals surface area contributed by atoms with Gasteiger partial charge in [-0.1, -0.05) is 61.7 Å². The van der Waals surface area contributed by atoms with Gasteiger partial charge in [0.15, 0.2) is 17.5 Å². The molecule has 0 atom stereocenters. The molecule has 0 spiro atoms. The molecule has 4 aromatic rings. The molecule has 0 fully saturated rings. The van der Waals surface area contributed by atoms with E-state index < -0.39 is 0 Å². The van der Waals surface area contributed by atoms with Crippen molar-refractivity contribution in [1.29, 1.82) is 0 Å². The first-order valence-corrected chi connectivity index (χ1v) is 10.9. The van der Waals surface area contributed by atoms with Crippen molar-refractivity contribution in [2.75, 3.05) is 0 Å². The molecular formula is C24H19Br2N3. The van der Waals surface area contributed by atoms with Crippen LogP contribution >= 0.6 is 31.9 Å². The average Bonchev–Trinajstić information content (AvgIpc) is 2.68. The third-order valence-corrected chi connectivity index (χ3v) is 5.79. The number of hydrogen-bond acceptors (Lipinski definition) is 3. The molecule has 0 bridgehead atoms. The highest BCUT2D eigenvalue weighted by Gasteiger charge is 2.15. The van der Waals surface area contributed by atoms with E-state index in [-0.39, 0.29) is 0 Å². The number of aryl methyl sites for hydroxylation is 3. The molecule has 3 aromatic carbocycles. The lowest BCUT2D eigenvalue weighted by Gasteiger charge is -2.11. The summed E-state index contributed by atoms with van der Waals surface area (Å²) in [5.74, 6) is 2.03. The molecule has 0 unspecified atom stereocenters. The normalized spacial score (nSPS) is 10.9. The summed E-state index contributed by atoms with van der Waals surface area (Å²) >= 11 is 7.07. The van der Waals surface area contributed by atoms with Crippen LogP contribution in [0.15, 0.2) is 69.6 Å². The van der Waals surface area contributed by atoms with Crippen LogP contribution in [0.4, 0.5) is 0 Å². The van der Waals surface area contributed by atoms with Crippen LogP contribution in [0.3, 0.4) is 0 Å². The summed E-state index contributed by atoms with van der Waals surface area (Å²) in [7, 11) is 0. The molecule has 29 heavy (non-hydrogen) atoms. The van der Waals surface area contributed by atoms with Gasteiger partial charge in [-0.15, -0.1) is 0 Å². The topological polar surface area (TPSA) is 38.7 Å². The van der Waals surface area contributed by atoms with E-state index >= 15 is 0 Å². The van der Waals surface area contributed by atoms with E-state index in [9.17, 15) is 0 Å². The molecule has 0 saturated heterocycles. The van der Waals surface area contributed by atoms with Crippen LogP contribution in [0, 0.1) is 20.8 Å². The second kappa shape index (κ2) is 8.17. The van der Waals surface area contributed by atoms with Crippen molar-refractivity contribution in [2.24, 2.45) is 0 Å². The van der Waals surface area contributed by atoms with Crippen LogP contribution < -0.4 is 0 Å². The third-order valence-electron chi connectivity index (χ3n) is 4.80. The third kappa shape index (κ3) is 4.31. The highest BCUT2D eigenvalue weighted by molar-refractivity contribution is 9.10. The van der Waals surface area contributed by atoms with Crippen molar-refractivity contribution in [3.63, 3.8) is 0 Å². The minimum Gasteiger partial charge on any atom is -0.208 e. The van der Waals surface area contributed by atoms with Gasteiger partial charge in [0, 0.05) is 25.6 Å². The zero-order chi connectivity index (χ0) is 20.5. The first-order chi connectivity index (χ1) is 13.9. The Labute approximate surface area is 187 Å².